The molecule has 21 heavy (non-hydrogen) atoms. The van der Waals surface area contributed by atoms with E-state index >= 15 is 0 Å². The lowest BCUT2D eigenvalue weighted by Crippen LogP contribution is -2.34. The molecule has 0 spiro atoms. The van der Waals surface area contributed by atoms with E-state index in [1.54, 1.807) is 0 Å². The maximum Gasteiger partial charge on any atom is 0.132 e. The standard InChI is InChI=1S/C18H26N2S/c1-19(2,3)15-7-11-17(12-8-15)21-18-13-9-16(10-14-18)20(4,5)6/h7-14H,1-6H3/q+2. The van der Waals surface area contributed by atoms with Gasteiger partial charge in [-0.15, -0.1) is 0 Å². The molecule has 0 N–H and O–H groups in total. The Morgan fingerprint density at radius 2 is 0.810 bits per heavy atom. The highest BCUT2D eigenvalue weighted by Gasteiger charge is 2.13. The molecule has 0 unspecified atom stereocenters. The first-order valence-electron chi connectivity index (χ1n) is 7.18. The third-order valence-corrected chi connectivity index (χ3v) is 4.47. The van der Waals surface area contributed by atoms with Crippen LogP contribution in [0.25, 0.3) is 0 Å². The Bertz CT molecular complexity index is 532. The summed E-state index contributed by atoms with van der Waals surface area (Å²) in [7, 11) is 13.1. The minimum absolute atomic E-state index is 0.850. The Morgan fingerprint density at radius 3 is 1.05 bits per heavy atom. The van der Waals surface area contributed by atoms with Gasteiger partial charge in [0.15, 0.2) is 0 Å². The van der Waals surface area contributed by atoms with Crippen LogP contribution < -0.4 is 8.97 Å². The van der Waals surface area contributed by atoms with E-state index in [9.17, 15) is 0 Å². The van der Waals surface area contributed by atoms with Crippen molar-refractivity contribution in [3.05, 3.63) is 48.5 Å². The maximum atomic E-state index is 2.21. The minimum atomic E-state index is 0.850. The van der Waals surface area contributed by atoms with Gasteiger partial charge in [-0.1, -0.05) is 11.8 Å². The molecule has 3 heteroatoms. The summed E-state index contributed by atoms with van der Waals surface area (Å²) in [6.07, 6.45) is 0. The van der Waals surface area contributed by atoms with Crippen LogP contribution in [0.2, 0.25) is 0 Å². The molecule has 0 aromatic heterocycles. The number of rotatable bonds is 4. The van der Waals surface area contributed by atoms with E-state index in [1.807, 2.05) is 11.8 Å². The molecule has 0 radical (unpaired) electrons. The second-order valence-corrected chi connectivity index (χ2v) is 8.26. The molecular formula is C18H26N2S+2. The second-order valence-electron chi connectivity index (χ2n) is 7.11. The van der Waals surface area contributed by atoms with Crippen LogP contribution >= 0.6 is 11.8 Å². The molecule has 2 nitrogen and oxygen atoms in total. The van der Waals surface area contributed by atoms with Gasteiger partial charge in [-0.2, -0.15) is 0 Å². The van der Waals surface area contributed by atoms with Gasteiger partial charge in [-0.05, 0) is 24.3 Å². The monoisotopic (exact) mass is 302 g/mol. The van der Waals surface area contributed by atoms with E-state index in [4.69, 9.17) is 0 Å². The van der Waals surface area contributed by atoms with Crippen LogP contribution in [-0.4, -0.2) is 42.3 Å². The Labute approximate surface area is 133 Å². The fourth-order valence-corrected chi connectivity index (χ4v) is 2.88. The molecule has 2 aromatic carbocycles. The highest BCUT2D eigenvalue weighted by molar-refractivity contribution is 7.99. The molecular weight excluding hydrogens is 276 g/mol. The van der Waals surface area contributed by atoms with Gasteiger partial charge in [0.2, 0.25) is 0 Å². The second kappa shape index (κ2) is 5.84. The molecule has 0 fully saturated rings. The Balaban J connectivity index is 2.12. The molecule has 0 heterocycles. The van der Waals surface area contributed by atoms with Crippen molar-refractivity contribution >= 4 is 23.1 Å². The van der Waals surface area contributed by atoms with Crippen LogP contribution in [0.4, 0.5) is 11.4 Å². The van der Waals surface area contributed by atoms with Crippen molar-refractivity contribution in [2.24, 2.45) is 0 Å². The molecule has 112 valence electrons. The van der Waals surface area contributed by atoms with Gasteiger partial charge in [0.1, 0.15) is 11.4 Å². The van der Waals surface area contributed by atoms with Crippen molar-refractivity contribution in [2.75, 3.05) is 42.3 Å². The van der Waals surface area contributed by atoms with Crippen molar-refractivity contribution in [3.63, 3.8) is 0 Å². The Kier molecular flexibility index (Phi) is 4.47. The van der Waals surface area contributed by atoms with Crippen molar-refractivity contribution in [3.8, 4) is 0 Å². The minimum Gasteiger partial charge on any atom is -0.298 e. The topological polar surface area (TPSA) is 0 Å². The van der Waals surface area contributed by atoms with Crippen molar-refractivity contribution in [1.29, 1.82) is 0 Å². The fraction of sp³-hybridized carbons (Fsp3) is 0.333. The van der Waals surface area contributed by atoms with Crippen LogP contribution in [0, 0.1) is 0 Å². The average Bonchev–Trinajstić information content (AvgIpc) is 2.38. The molecule has 0 aliphatic carbocycles. The first-order valence-corrected chi connectivity index (χ1v) is 8.00. The van der Waals surface area contributed by atoms with Crippen molar-refractivity contribution in [1.82, 2.24) is 8.97 Å². The summed E-state index contributed by atoms with van der Waals surface area (Å²) < 4.78 is 1.70. The van der Waals surface area contributed by atoms with Gasteiger partial charge < -0.3 is 0 Å². The average molecular weight is 302 g/mol. The molecule has 0 saturated heterocycles. The number of hydrogen-bond donors (Lipinski definition) is 0. The smallest absolute Gasteiger partial charge is 0.132 e. The third kappa shape index (κ3) is 4.34. The zero-order valence-electron chi connectivity index (χ0n) is 13.9. The summed E-state index contributed by atoms with van der Waals surface area (Å²) >= 11 is 1.81. The van der Waals surface area contributed by atoms with Gasteiger partial charge in [0.25, 0.3) is 0 Å². The first kappa shape index (κ1) is 16.1. The normalized spacial score (nSPS) is 12.5. The number of nitrogens with zero attached hydrogens (tertiary/aromatic N) is 2. The lowest BCUT2D eigenvalue weighted by molar-refractivity contribution is 0.486. The lowest BCUT2D eigenvalue weighted by Gasteiger charge is -2.23. The molecule has 0 bridgehead atoms. The van der Waals surface area contributed by atoms with Crippen molar-refractivity contribution in [2.45, 2.75) is 9.79 Å². The van der Waals surface area contributed by atoms with E-state index < -0.39 is 0 Å². The van der Waals surface area contributed by atoms with Crippen LogP contribution in [0.3, 0.4) is 0 Å². The predicted octanol–water partition coefficient (Wildman–Crippen LogP) is 4.23. The van der Waals surface area contributed by atoms with Crippen LogP contribution in [0.15, 0.2) is 58.3 Å². The molecule has 2 aromatic rings. The van der Waals surface area contributed by atoms with Crippen molar-refractivity contribution < 1.29 is 0 Å². The van der Waals surface area contributed by atoms with Gasteiger partial charge >= 0.3 is 0 Å². The number of hydrogen-bond acceptors (Lipinski definition) is 1. The zero-order valence-corrected chi connectivity index (χ0v) is 14.7. The Morgan fingerprint density at radius 1 is 0.524 bits per heavy atom. The molecule has 0 aliphatic rings. The largest absolute Gasteiger partial charge is 0.298 e. The summed E-state index contributed by atoms with van der Waals surface area (Å²) in [5.74, 6) is 0. The van der Waals surface area contributed by atoms with Crippen LogP contribution in [-0.2, 0) is 0 Å². The van der Waals surface area contributed by atoms with E-state index in [-0.39, 0.29) is 0 Å². The highest BCUT2D eigenvalue weighted by Crippen LogP contribution is 2.31. The van der Waals surface area contributed by atoms with E-state index in [1.165, 1.54) is 21.2 Å². The van der Waals surface area contributed by atoms with Gasteiger partial charge in [0, 0.05) is 34.1 Å². The third-order valence-electron chi connectivity index (χ3n) is 3.46. The molecule has 0 atom stereocenters. The van der Waals surface area contributed by atoms with Crippen LogP contribution in [0.1, 0.15) is 0 Å². The number of benzene rings is 2. The quantitative estimate of drug-likeness (QED) is 0.762. The van der Waals surface area contributed by atoms with Gasteiger partial charge in [-0.3, -0.25) is 8.97 Å². The van der Waals surface area contributed by atoms with Gasteiger partial charge in [-0.25, -0.2) is 0 Å². The zero-order chi connectivity index (χ0) is 15.7. The van der Waals surface area contributed by atoms with Crippen LogP contribution in [0.5, 0.6) is 0 Å². The molecule has 0 saturated carbocycles. The Hall–Kier alpha value is -1.29. The van der Waals surface area contributed by atoms with Gasteiger partial charge in [0.05, 0.1) is 42.3 Å². The highest BCUT2D eigenvalue weighted by atomic mass is 32.2. The summed E-state index contributed by atoms with van der Waals surface area (Å²) in [4.78, 5) is 2.57. The predicted molar refractivity (Wildman–Crippen MR) is 96.1 cm³/mol. The number of quaternary nitrogens is 2. The molecule has 0 amide bonds. The SMILES string of the molecule is C[N+](C)(C)c1ccc(Sc2ccc([N+](C)(C)C)cc2)cc1. The van der Waals surface area contributed by atoms with E-state index in [0.717, 1.165) is 8.97 Å². The van der Waals surface area contributed by atoms with E-state index in [0.29, 0.717) is 0 Å². The summed E-state index contributed by atoms with van der Waals surface area (Å²) in [6, 6.07) is 17.7. The molecule has 2 rings (SSSR count). The molecule has 0 aliphatic heterocycles. The first-order chi connectivity index (χ1) is 9.66. The lowest BCUT2D eigenvalue weighted by atomic mass is 10.3. The summed E-state index contributed by atoms with van der Waals surface area (Å²) in [6.45, 7) is 0. The maximum absolute atomic E-state index is 2.21. The fourth-order valence-electron chi connectivity index (χ4n) is 2.06. The summed E-state index contributed by atoms with van der Waals surface area (Å²) in [5, 5.41) is 0. The summed E-state index contributed by atoms with van der Waals surface area (Å²) in [5.41, 5.74) is 2.64. The van der Waals surface area contributed by atoms with E-state index in [2.05, 4.69) is 90.8 Å².